The maximum absolute atomic E-state index is 13.7. The van der Waals surface area contributed by atoms with Gasteiger partial charge in [0.2, 0.25) is 10.0 Å². The lowest BCUT2D eigenvalue weighted by molar-refractivity contribution is -0.144. The summed E-state index contributed by atoms with van der Waals surface area (Å²) in [7, 11) is -2.93. The van der Waals surface area contributed by atoms with E-state index in [4.69, 9.17) is 14.2 Å². The minimum Gasteiger partial charge on any atom is -0.468 e. The molecule has 1 unspecified atom stereocenters. The zero-order valence-corrected chi connectivity index (χ0v) is 19.7. The highest BCUT2D eigenvalue weighted by Gasteiger charge is 2.45. The lowest BCUT2D eigenvalue weighted by atomic mass is 10.1. The molecule has 9 heteroatoms. The number of hydrogen-bond acceptors (Lipinski definition) is 7. The Labute approximate surface area is 198 Å². The molecule has 0 aliphatic carbocycles. The topological polar surface area (TPSA) is 99.2 Å². The molecule has 1 saturated heterocycles. The van der Waals surface area contributed by atoms with Gasteiger partial charge in [-0.15, -0.1) is 0 Å². The zero-order valence-electron chi connectivity index (χ0n) is 18.8. The van der Waals surface area contributed by atoms with E-state index in [0.29, 0.717) is 17.4 Å². The Hall–Kier alpha value is -3.27. The van der Waals surface area contributed by atoms with Crippen molar-refractivity contribution in [2.75, 3.05) is 13.7 Å². The Kier molecular flexibility index (Phi) is 6.97. The molecule has 0 aromatic heterocycles. The van der Waals surface area contributed by atoms with Crippen LogP contribution in [-0.2, 0) is 35.7 Å². The summed E-state index contributed by atoms with van der Waals surface area (Å²) < 4.78 is 44.6. The predicted octanol–water partition coefficient (Wildman–Crippen LogP) is 3.29. The Morgan fingerprint density at radius 3 is 2.44 bits per heavy atom. The predicted molar refractivity (Wildman–Crippen MR) is 125 cm³/mol. The summed E-state index contributed by atoms with van der Waals surface area (Å²) in [5.41, 5.74) is 0.943. The largest absolute Gasteiger partial charge is 0.468 e. The fourth-order valence-electron chi connectivity index (χ4n) is 4.07. The third-order valence-corrected chi connectivity index (χ3v) is 7.53. The van der Waals surface area contributed by atoms with Gasteiger partial charge in [-0.2, -0.15) is 4.31 Å². The van der Waals surface area contributed by atoms with Gasteiger partial charge in [-0.25, -0.2) is 8.42 Å². The van der Waals surface area contributed by atoms with E-state index < -0.39 is 34.1 Å². The van der Waals surface area contributed by atoms with E-state index in [-0.39, 0.29) is 23.6 Å². The van der Waals surface area contributed by atoms with Crippen molar-refractivity contribution < 1.29 is 32.2 Å². The number of hydrogen-bond donors (Lipinski definition) is 0. The third-order valence-electron chi connectivity index (χ3n) is 5.68. The van der Waals surface area contributed by atoms with Crippen molar-refractivity contribution in [1.82, 2.24) is 4.31 Å². The van der Waals surface area contributed by atoms with Gasteiger partial charge < -0.3 is 14.2 Å². The van der Waals surface area contributed by atoms with Gasteiger partial charge in [0.25, 0.3) is 0 Å². The summed E-state index contributed by atoms with van der Waals surface area (Å²) in [5, 5.41) is 1.19. The summed E-state index contributed by atoms with van der Waals surface area (Å²) in [6.07, 6.45) is -0.323. The molecule has 0 bridgehead atoms. The highest BCUT2D eigenvalue weighted by Crippen LogP contribution is 2.34. The monoisotopic (exact) mass is 483 g/mol. The normalized spacial score (nSPS) is 18.6. The van der Waals surface area contributed by atoms with Crippen molar-refractivity contribution >= 4 is 32.7 Å². The number of ether oxygens (including phenoxy) is 3. The van der Waals surface area contributed by atoms with E-state index in [1.54, 1.807) is 24.3 Å². The molecule has 3 aromatic carbocycles. The summed E-state index contributed by atoms with van der Waals surface area (Å²) in [5.74, 6) is -1.09. The van der Waals surface area contributed by atoms with Crippen LogP contribution in [0.5, 0.6) is 5.75 Å². The van der Waals surface area contributed by atoms with Crippen molar-refractivity contribution in [1.29, 1.82) is 0 Å². The Morgan fingerprint density at radius 2 is 1.74 bits per heavy atom. The number of carbonyl (C=O) groups excluding carboxylic acids is 2. The molecule has 1 fully saturated rings. The van der Waals surface area contributed by atoms with Crippen LogP contribution >= 0.6 is 0 Å². The van der Waals surface area contributed by atoms with Crippen LogP contribution in [0.1, 0.15) is 18.9 Å². The average molecular weight is 484 g/mol. The molecule has 2 atom stereocenters. The molecule has 1 aliphatic heterocycles. The van der Waals surface area contributed by atoms with Crippen LogP contribution in [-0.4, -0.2) is 50.5 Å². The summed E-state index contributed by atoms with van der Waals surface area (Å²) in [4.78, 5) is 24.0. The molecular formula is C25H25NO7S. The standard InChI is InChI=1S/C25H25NO7S/c1-17(27)33-24-14-21(12-19-10-6-7-11-22(19)24)34(29,30)26-15-20(13-23(26)25(28)31-2)32-16-18-8-4-3-5-9-18/h3-12,14,20,23H,13,15-16H2,1-2H3/t20?,23-/m0/s1. The summed E-state index contributed by atoms with van der Waals surface area (Å²) >= 11 is 0. The minimum absolute atomic E-state index is 0.00927. The third kappa shape index (κ3) is 4.96. The number of rotatable bonds is 7. The maximum Gasteiger partial charge on any atom is 0.324 e. The van der Waals surface area contributed by atoms with E-state index in [9.17, 15) is 18.0 Å². The summed E-state index contributed by atoms with van der Waals surface area (Å²) in [6, 6.07) is 18.3. The first kappa shape index (κ1) is 23.9. The average Bonchev–Trinajstić information content (AvgIpc) is 3.28. The van der Waals surface area contributed by atoms with Crippen molar-refractivity contribution in [3.63, 3.8) is 0 Å². The Balaban J connectivity index is 1.66. The second-order valence-corrected chi connectivity index (χ2v) is 9.89. The minimum atomic E-state index is -4.15. The van der Waals surface area contributed by atoms with E-state index >= 15 is 0 Å². The zero-order chi connectivity index (χ0) is 24.3. The number of methoxy groups -OCH3 is 1. The van der Waals surface area contributed by atoms with Crippen molar-refractivity contribution in [2.45, 2.75) is 37.0 Å². The SMILES string of the molecule is COC(=O)[C@@H]1CC(OCc2ccccc2)CN1S(=O)(=O)c1cc(OC(C)=O)c2ccccc2c1. The van der Waals surface area contributed by atoms with Gasteiger partial charge in [0, 0.05) is 31.3 Å². The van der Waals surface area contributed by atoms with Gasteiger partial charge in [-0.3, -0.25) is 9.59 Å². The van der Waals surface area contributed by atoms with E-state index in [0.717, 1.165) is 9.87 Å². The summed E-state index contributed by atoms with van der Waals surface area (Å²) in [6.45, 7) is 1.53. The maximum atomic E-state index is 13.7. The van der Waals surface area contributed by atoms with Crippen molar-refractivity contribution in [3.05, 3.63) is 72.3 Å². The van der Waals surface area contributed by atoms with Crippen LogP contribution in [0.4, 0.5) is 0 Å². The molecule has 178 valence electrons. The van der Waals surface area contributed by atoms with Crippen molar-refractivity contribution in [2.24, 2.45) is 0 Å². The number of nitrogens with zero attached hydrogens (tertiary/aromatic N) is 1. The molecule has 1 aliphatic rings. The van der Waals surface area contributed by atoms with Crippen LogP contribution in [0, 0.1) is 0 Å². The molecule has 3 aromatic rings. The van der Waals surface area contributed by atoms with Gasteiger partial charge >= 0.3 is 11.9 Å². The van der Waals surface area contributed by atoms with Gasteiger partial charge in [0.1, 0.15) is 11.8 Å². The number of carbonyl (C=O) groups is 2. The van der Waals surface area contributed by atoms with Crippen LogP contribution in [0.15, 0.2) is 71.6 Å². The quantitative estimate of drug-likeness (QED) is 0.376. The lowest BCUT2D eigenvalue weighted by Crippen LogP contribution is -2.41. The lowest BCUT2D eigenvalue weighted by Gasteiger charge is -2.22. The smallest absolute Gasteiger partial charge is 0.324 e. The van der Waals surface area contributed by atoms with Crippen molar-refractivity contribution in [3.8, 4) is 5.75 Å². The molecule has 0 saturated carbocycles. The molecule has 0 amide bonds. The number of sulfonamides is 1. The first-order valence-electron chi connectivity index (χ1n) is 10.8. The fourth-order valence-corrected chi connectivity index (χ4v) is 5.74. The molecule has 0 radical (unpaired) electrons. The second-order valence-electron chi connectivity index (χ2n) is 8.00. The van der Waals surface area contributed by atoms with Gasteiger partial charge in [-0.1, -0.05) is 54.6 Å². The van der Waals surface area contributed by atoms with E-state index in [1.807, 2.05) is 30.3 Å². The van der Waals surface area contributed by atoms with Crippen LogP contribution in [0.2, 0.25) is 0 Å². The van der Waals surface area contributed by atoms with Crippen LogP contribution in [0.25, 0.3) is 10.8 Å². The van der Waals surface area contributed by atoms with Crippen LogP contribution < -0.4 is 4.74 Å². The van der Waals surface area contributed by atoms with Crippen LogP contribution in [0.3, 0.4) is 0 Å². The second kappa shape index (κ2) is 9.92. The first-order chi connectivity index (χ1) is 16.3. The molecule has 0 spiro atoms. The van der Waals surface area contributed by atoms with Gasteiger partial charge in [-0.05, 0) is 17.0 Å². The van der Waals surface area contributed by atoms with Gasteiger partial charge in [0.15, 0.2) is 0 Å². The van der Waals surface area contributed by atoms with Gasteiger partial charge in [0.05, 0.1) is 24.7 Å². The molecule has 1 heterocycles. The Bertz CT molecular complexity index is 1310. The molecule has 8 nitrogen and oxygen atoms in total. The Morgan fingerprint density at radius 1 is 1.03 bits per heavy atom. The first-order valence-corrected chi connectivity index (χ1v) is 12.2. The number of fused-ring (bicyclic) bond motifs is 1. The van der Waals surface area contributed by atoms with E-state index in [1.165, 1.54) is 26.2 Å². The molecule has 4 rings (SSSR count). The number of benzene rings is 3. The highest BCUT2D eigenvalue weighted by atomic mass is 32.2. The highest BCUT2D eigenvalue weighted by molar-refractivity contribution is 7.89. The van der Waals surface area contributed by atoms with E-state index in [2.05, 4.69) is 0 Å². The molecular weight excluding hydrogens is 458 g/mol. The number of esters is 2. The molecule has 0 N–H and O–H groups in total. The molecule has 34 heavy (non-hydrogen) atoms. The fraction of sp³-hybridized carbons (Fsp3) is 0.280.